The lowest BCUT2D eigenvalue weighted by Gasteiger charge is -2.13. The van der Waals surface area contributed by atoms with Gasteiger partial charge >= 0.3 is 5.97 Å². The van der Waals surface area contributed by atoms with Gasteiger partial charge in [0.15, 0.2) is 6.10 Å². The summed E-state index contributed by atoms with van der Waals surface area (Å²) in [4.78, 5) is 34.9. The van der Waals surface area contributed by atoms with E-state index in [0.29, 0.717) is 16.9 Å². The second kappa shape index (κ2) is 8.75. The molecule has 0 spiro atoms. The van der Waals surface area contributed by atoms with E-state index in [-0.39, 0.29) is 12.3 Å². The van der Waals surface area contributed by atoms with E-state index in [1.165, 1.54) is 38.1 Å². The van der Waals surface area contributed by atoms with E-state index >= 15 is 0 Å². The van der Waals surface area contributed by atoms with Gasteiger partial charge in [-0.25, -0.2) is 4.39 Å². The van der Waals surface area contributed by atoms with E-state index in [2.05, 4.69) is 10.6 Å². The highest BCUT2D eigenvalue weighted by atomic mass is 19.1. The Bertz CT molecular complexity index is 788. The fraction of sp³-hybridized carbons (Fsp3) is 0.211. The van der Waals surface area contributed by atoms with Crippen molar-refractivity contribution in [2.45, 2.75) is 26.4 Å². The van der Waals surface area contributed by atoms with E-state index < -0.39 is 23.8 Å². The Hall–Kier alpha value is -3.22. The molecule has 0 heterocycles. The molecule has 26 heavy (non-hydrogen) atoms. The predicted octanol–water partition coefficient (Wildman–Crippen LogP) is 2.90. The molecular formula is C19H19FN2O4. The monoisotopic (exact) mass is 358 g/mol. The van der Waals surface area contributed by atoms with Crippen LogP contribution in [0.3, 0.4) is 0 Å². The maximum Gasteiger partial charge on any atom is 0.311 e. The molecule has 136 valence electrons. The van der Waals surface area contributed by atoms with Gasteiger partial charge in [-0.15, -0.1) is 0 Å². The van der Waals surface area contributed by atoms with Gasteiger partial charge < -0.3 is 15.4 Å². The van der Waals surface area contributed by atoms with Crippen molar-refractivity contribution in [3.05, 3.63) is 59.9 Å². The minimum Gasteiger partial charge on any atom is -0.452 e. The molecule has 0 saturated carbocycles. The maximum atomic E-state index is 12.8. The van der Waals surface area contributed by atoms with Crippen LogP contribution in [-0.2, 0) is 25.5 Å². The molecule has 0 unspecified atom stereocenters. The summed E-state index contributed by atoms with van der Waals surface area (Å²) in [6, 6.07) is 12.0. The van der Waals surface area contributed by atoms with E-state index in [4.69, 9.17) is 4.74 Å². The van der Waals surface area contributed by atoms with Crippen LogP contribution >= 0.6 is 0 Å². The van der Waals surface area contributed by atoms with Gasteiger partial charge in [-0.2, -0.15) is 0 Å². The van der Waals surface area contributed by atoms with Crippen LogP contribution in [0.25, 0.3) is 0 Å². The molecule has 1 atom stereocenters. The molecule has 2 N–H and O–H groups in total. The summed E-state index contributed by atoms with van der Waals surface area (Å²) in [6.07, 6.45) is -1.000. The fourth-order valence-corrected chi connectivity index (χ4v) is 2.15. The van der Waals surface area contributed by atoms with Gasteiger partial charge in [-0.05, 0) is 48.9 Å². The molecule has 6 nitrogen and oxygen atoms in total. The largest absolute Gasteiger partial charge is 0.452 e. The van der Waals surface area contributed by atoms with Crippen LogP contribution in [0.2, 0.25) is 0 Å². The molecule has 0 fully saturated rings. The van der Waals surface area contributed by atoms with Crippen LogP contribution in [0.5, 0.6) is 0 Å². The number of hydrogen-bond donors (Lipinski definition) is 2. The zero-order valence-corrected chi connectivity index (χ0v) is 14.4. The quantitative estimate of drug-likeness (QED) is 0.778. The summed E-state index contributed by atoms with van der Waals surface area (Å²) in [6.45, 7) is 2.86. The molecule has 2 amide bonds. The Morgan fingerprint density at radius 2 is 1.50 bits per heavy atom. The average Bonchev–Trinajstić information content (AvgIpc) is 2.58. The van der Waals surface area contributed by atoms with E-state index in [9.17, 15) is 18.8 Å². The lowest BCUT2D eigenvalue weighted by Crippen LogP contribution is -2.30. The summed E-state index contributed by atoms with van der Waals surface area (Å²) in [5, 5.41) is 5.17. The SMILES string of the molecule is CC(=O)Nc1ccc(CC(=O)O[C@H](C)C(=O)Nc2ccc(F)cc2)cc1. The van der Waals surface area contributed by atoms with Crippen LogP contribution in [0.15, 0.2) is 48.5 Å². The highest BCUT2D eigenvalue weighted by Gasteiger charge is 2.18. The first-order chi connectivity index (χ1) is 12.3. The van der Waals surface area contributed by atoms with Gasteiger partial charge in [0, 0.05) is 18.3 Å². The number of nitrogens with one attached hydrogen (secondary N) is 2. The minimum atomic E-state index is -0.994. The number of benzene rings is 2. The highest BCUT2D eigenvalue weighted by Crippen LogP contribution is 2.12. The zero-order chi connectivity index (χ0) is 19.1. The van der Waals surface area contributed by atoms with Gasteiger partial charge in [0.25, 0.3) is 5.91 Å². The van der Waals surface area contributed by atoms with E-state index in [0.717, 1.165) is 0 Å². The molecule has 2 aromatic rings. The van der Waals surface area contributed by atoms with Crippen molar-refractivity contribution in [3.63, 3.8) is 0 Å². The maximum absolute atomic E-state index is 12.8. The molecule has 0 bridgehead atoms. The van der Waals surface area contributed by atoms with Crippen molar-refractivity contribution in [3.8, 4) is 0 Å². The minimum absolute atomic E-state index is 0.00544. The second-order valence-corrected chi connectivity index (χ2v) is 5.68. The summed E-state index contributed by atoms with van der Waals surface area (Å²) in [7, 11) is 0. The van der Waals surface area contributed by atoms with Crippen molar-refractivity contribution < 1.29 is 23.5 Å². The topological polar surface area (TPSA) is 84.5 Å². The Balaban J connectivity index is 1.85. The number of ether oxygens (including phenoxy) is 1. The molecular weight excluding hydrogens is 339 g/mol. The Morgan fingerprint density at radius 3 is 2.08 bits per heavy atom. The summed E-state index contributed by atoms with van der Waals surface area (Å²) < 4.78 is 18.0. The van der Waals surface area contributed by atoms with Gasteiger partial charge in [-0.1, -0.05) is 12.1 Å². The third-order valence-electron chi connectivity index (χ3n) is 3.41. The normalized spacial score (nSPS) is 11.3. The second-order valence-electron chi connectivity index (χ2n) is 5.68. The molecule has 0 aliphatic heterocycles. The van der Waals surface area contributed by atoms with Crippen molar-refractivity contribution in [2.75, 3.05) is 10.6 Å². The standard InChI is InChI=1S/C19H19FN2O4/c1-12(19(25)22-17-9-5-15(20)6-10-17)26-18(24)11-14-3-7-16(8-4-14)21-13(2)23/h3-10,12H,11H2,1-2H3,(H,21,23)(H,22,25)/t12-/m1/s1. The fourth-order valence-electron chi connectivity index (χ4n) is 2.15. The van der Waals surface area contributed by atoms with Crippen LogP contribution in [0, 0.1) is 5.82 Å². The average molecular weight is 358 g/mol. The van der Waals surface area contributed by atoms with Crippen molar-refractivity contribution >= 4 is 29.2 Å². The summed E-state index contributed by atoms with van der Waals surface area (Å²) in [5.41, 5.74) is 1.73. The molecule has 7 heteroatoms. The molecule has 0 aliphatic carbocycles. The number of carbonyl (C=O) groups excluding carboxylic acids is 3. The lowest BCUT2D eigenvalue weighted by atomic mass is 10.1. The summed E-state index contributed by atoms with van der Waals surface area (Å²) >= 11 is 0. The number of anilines is 2. The lowest BCUT2D eigenvalue weighted by molar-refractivity contribution is -0.152. The first-order valence-corrected chi connectivity index (χ1v) is 7.96. The van der Waals surface area contributed by atoms with E-state index in [1.54, 1.807) is 24.3 Å². The molecule has 0 saturated heterocycles. The van der Waals surface area contributed by atoms with Crippen LogP contribution in [0.1, 0.15) is 19.4 Å². The van der Waals surface area contributed by atoms with Crippen molar-refractivity contribution in [2.24, 2.45) is 0 Å². The van der Waals surface area contributed by atoms with Crippen molar-refractivity contribution in [1.82, 2.24) is 0 Å². The number of hydrogen-bond acceptors (Lipinski definition) is 4. The molecule has 2 rings (SSSR count). The van der Waals surface area contributed by atoms with Gasteiger partial charge in [0.2, 0.25) is 5.91 Å². The Kier molecular flexibility index (Phi) is 6.43. The molecule has 0 aliphatic rings. The van der Waals surface area contributed by atoms with Gasteiger partial charge in [0.05, 0.1) is 6.42 Å². The highest BCUT2D eigenvalue weighted by molar-refractivity contribution is 5.95. The predicted molar refractivity (Wildman–Crippen MR) is 95.0 cm³/mol. The van der Waals surface area contributed by atoms with Crippen molar-refractivity contribution in [1.29, 1.82) is 0 Å². The Morgan fingerprint density at radius 1 is 0.962 bits per heavy atom. The van der Waals surface area contributed by atoms with Crippen LogP contribution in [-0.4, -0.2) is 23.9 Å². The van der Waals surface area contributed by atoms with Gasteiger partial charge in [-0.3, -0.25) is 14.4 Å². The first kappa shape index (κ1) is 19.1. The van der Waals surface area contributed by atoms with Crippen LogP contribution < -0.4 is 10.6 Å². The number of halogens is 1. The third kappa shape index (κ3) is 6.01. The van der Waals surface area contributed by atoms with Crippen LogP contribution in [0.4, 0.5) is 15.8 Å². The smallest absolute Gasteiger partial charge is 0.311 e. The number of esters is 1. The molecule has 2 aromatic carbocycles. The zero-order valence-electron chi connectivity index (χ0n) is 14.4. The summed E-state index contributed by atoms with van der Waals surface area (Å²) in [5.74, 6) is -1.66. The first-order valence-electron chi connectivity index (χ1n) is 7.96. The third-order valence-corrected chi connectivity index (χ3v) is 3.41. The number of carbonyl (C=O) groups is 3. The number of rotatable bonds is 6. The molecule has 0 radical (unpaired) electrons. The van der Waals surface area contributed by atoms with E-state index in [1.807, 2.05) is 0 Å². The number of amides is 2. The Labute approximate surface area is 150 Å². The van der Waals surface area contributed by atoms with Gasteiger partial charge in [0.1, 0.15) is 5.82 Å². The molecule has 0 aromatic heterocycles.